The van der Waals surface area contributed by atoms with E-state index in [-0.39, 0.29) is 0 Å². The molecule has 106 valence electrons. The first kappa shape index (κ1) is 12.8. The third-order valence-electron chi connectivity index (χ3n) is 4.41. The SMILES string of the molecule is Clc1cccc(Cl)c1N=C1N[C@@H](C2CC2)[C@H](C2CC2)N1. The van der Waals surface area contributed by atoms with E-state index in [1.807, 2.05) is 18.2 Å². The molecule has 1 saturated heterocycles. The molecule has 1 aliphatic heterocycles. The molecule has 0 bridgehead atoms. The summed E-state index contributed by atoms with van der Waals surface area (Å²) in [7, 11) is 0. The standard InChI is InChI=1S/C15H17Cl2N3/c16-10-2-1-3-11(17)14(10)20-15-18-12(8-4-5-8)13(19-15)9-6-7-9/h1-3,8-9,12-13H,4-7H2,(H2,18,19,20)/t12-,13-/m0/s1. The maximum absolute atomic E-state index is 6.18. The molecular weight excluding hydrogens is 293 g/mol. The van der Waals surface area contributed by atoms with Crippen molar-refractivity contribution in [3.8, 4) is 0 Å². The monoisotopic (exact) mass is 309 g/mol. The van der Waals surface area contributed by atoms with Gasteiger partial charge in [0, 0.05) is 0 Å². The average molecular weight is 310 g/mol. The van der Waals surface area contributed by atoms with Crippen molar-refractivity contribution in [2.45, 2.75) is 37.8 Å². The van der Waals surface area contributed by atoms with E-state index in [0.717, 1.165) is 17.8 Å². The molecule has 1 aromatic rings. The van der Waals surface area contributed by atoms with Crippen LogP contribution in [0.25, 0.3) is 0 Å². The van der Waals surface area contributed by atoms with Crippen LogP contribution >= 0.6 is 23.2 Å². The minimum absolute atomic E-state index is 0.530. The Kier molecular flexibility index (Phi) is 3.08. The fourth-order valence-electron chi connectivity index (χ4n) is 3.04. The van der Waals surface area contributed by atoms with Gasteiger partial charge < -0.3 is 10.6 Å². The van der Waals surface area contributed by atoms with Gasteiger partial charge in [0.25, 0.3) is 0 Å². The average Bonchev–Trinajstić information content (AvgIpc) is 3.32. The summed E-state index contributed by atoms with van der Waals surface area (Å²) in [4.78, 5) is 4.61. The Balaban J connectivity index is 1.61. The van der Waals surface area contributed by atoms with E-state index in [0.29, 0.717) is 27.8 Å². The van der Waals surface area contributed by atoms with Crippen LogP contribution in [0.4, 0.5) is 5.69 Å². The van der Waals surface area contributed by atoms with Crippen molar-refractivity contribution < 1.29 is 0 Å². The number of hydrogen-bond donors (Lipinski definition) is 2. The van der Waals surface area contributed by atoms with Gasteiger partial charge in [0.1, 0.15) is 5.69 Å². The Bertz CT molecular complexity index is 522. The lowest BCUT2D eigenvalue weighted by Gasteiger charge is -2.16. The van der Waals surface area contributed by atoms with Crippen molar-refractivity contribution in [1.82, 2.24) is 10.6 Å². The molecule has 3 nitrogen and oxygen atoms in total. The summed E-state index contributed by atoms with van der Waals surface area (Å²) >= 11 is 12.4. The minimum atomic E-state index is 0.530. The Labute approximate surface area is 128 Å². The van der Waals surface area contributed by atoms with E-state index in [1.54, 1.807) is 0 Å². The molecule has 20 heavy (non-hydrogen) atoms. The predicted octanol–water partition coefficient (Wildman–Crippen LogP) is 3.73. The highest BCUT2D eigenvalue weighted by molar-refractivity contribution is 6.38. The number of nitrogens with one attached hydrogen (secondary N) is 2. The third kappa shape index (κ3) is 2.38. The van der Waals surface area contributed by atoms with E-state index in [4.69, 9.17) is 23.2 Å². The van der Waals surface area contributed by atoms with Crippen molar-refractivity contribution in [2.24, 2.45) is 16.8 Å². The maximum atomic E-state index is 6.18. The first-order valence-electron chi connectivity index (χ1n) is 7.28. The van der Waals surface area contributed by atoms with Crippen LogP contribution in [0.5, 0.6) is 0 Å². The van der Waals surface area contributed by atoms with Crippen molar-refractivity contribution in [3.63, 3.8) is 0 Å². The number of rotatable bonds is 3. The molecule has 5 heteroatoms. The lowest BCUT2D eigenvalue weighted by molar-refractivity contribution is 0.425. The zero-order valence-corrected chi connectivity index (χ0v) is 12.6. The van der Waals surface area contributed by atoms with Crippen LogP contribution < -0.4 is 10.6 Å². The quantitative estimate of drug-likeness (QED) is 0.892. The van der Waals surface area contributed by atoms with E-state index in [9.17, 15) is 0 Å². The Morgan fingerprint density at radius 2 is 1.40 bits per heavy atom. The normalized spacial score (nSPS) is 29.0. The smallest absolute Gasteiger partial charge is 0.197 e. The van der Waals surface area contributed by atoms with E-state index < -0.39 is 0 Å². The van der Waals surface area contributed by atoms with E-state index >= 15 is 0 Å². The lowest BCUT2D eigenvalue weighted by Crippen LogP contribution is -2.36. The first-order valence-corrected chi connectivity index (χ1v) is 8.04. The molecule has 1 aromatic carbocycles. The summed E-state index contributed by atoms with van der Waals surface area (Å²) in [6, 6.07) is 6.53. The molecule has 2 atom stereocenters. The molecule has 0 unspecified atom stereocenters. The second kappa shape index (κ2) is 4.81. The first-order chi connectivity index (χ1) is 9.72. The van der Waals surface area contributed by atoms with Crippen molar-refractivity contribution >= 4 is 34.8 Å². The molecule has 3 fully saturated rings. The summed E-state index contributed by atoms with van der Waals surface area (Å²) in [5.41, 5.74) is 0.650. The zero-order valence-electron chi connectivity index (χ0n) is 11.1. The van der Waals surface area contributed by atoms with Gasteiger partial charge in [0.05, 0.1) is 22.1 Å². The number of para-hydroxylation sites is 1. The Hall–Kier alpha value is -0.930. The second-order valence-corrected chi connectivity index (χ2v) is 6.86. The minimum Gasteiger partial charge on any atom is -0.351 e. The maximum Gasteiger partial charge on any atom is 0.197 e. The van der Waals surface area contributed by atoms with Crippen LogP contribution in [0, 0.1) is 11.8 Å². The number of aliphatic imine (C=N–C) groups is 1. The zero-order chi connectivity index (χ0) is 13.7. The van der Waals surface area contributed by atoms with Crippen LogP contribution in [0.15, 0.2) is 23.2 Å². The van der Waals surface area contributed by atoms with Gasteiger partial charge in [-0.15, -0.1) is 0 Å². The number of guanidine groups is 1. The van der Waals surface area contributed by atoms with Gasteiger partial charge in [0.2, 0.25) is 0 Å². The van der Waals surface area contributed by atoms with Gasteiger partial charge in [-0.1, -0.05) is 29.3 Å². The van der Waals surface area contributed by atoms with Gasteiger partial charge >= 0.3 is 0 Å². The summed E-state index contributed by atoms with van der Waals surface area (Å²) < 4.78 is 0. The van der Waals surface area contributed by atoms with Crippen molar-refractivity contribution in [2.75, 3.05) is 0 Å². The van der Waals surface area contributed by atoms with Crippen molar-refractivity contribution in [1.29, 1.82) is 0 Å². The summed E-state index contributed by atoms with van der Waals surface area (Å²) in [6.45, 7) is 0. The highest BCUT2D eigenvalue weighted by Crippen LogP contribution is 2.43. The third-order valence-corrected chi connectivity index (χ3v) is 5.02. The number of hydrogen-bond acceptors (Lipinski definition) is 1. The second-order valence-electron chi connectivity index (χ2n) is 6.05. The molecular formula is C15H17Cl2N3. The summed E-state index contributed by atoms with van der Waals surface area (Å²) in [5, 5.41) is 8.28. The lowest BCUT2D eigenvalue weighted by atomic mass is 10.0. The van der Waals surface area contributed by atoms with Crippen LogP contribution in [0.3, 0.4) is 0 Å². The fraction of sp³-hybridized carbons (Fsp3) is 0.533. The van der Waals surface area contributed by atoms with Crippen LogP contribution in [-0.4, -0.2) is 18.0 Å². The van der Waals surface area contributed by atoms with E-state index in [1.165, 1.54) is 25.7 Å². The van der Waals surface area contributed by atoms with Gasteiger partial charge in [-0.05, 0) is 49.7 Å². The number of benzene rings is 1. The van der Waals surface area contributed by atoms with Crippen LogP contribution in [-0.2, 0) is 0 Å². The van der Waals surface area contributed by atoms with E-state index in [2.05, 4.69) is 15.6 Å². The van der Waals surface area contributed by atoms with Gasteiger partial charge in [-0.2, -0.15) is 0 Å². The van der Waals surface area contributed by atoms with Gasteiger partial charge in [-0.3, -0.25) is 0 Å². The summed E-state index contributed by atoms with van der Waals surface area (Å²) in [6.07, 6.45) is 5.34. The number of halogens is 2. The molecule has 0 radical (unpaired) electrons. The molecule has 3 aliphatic rings. The number of nitrogens with zero attached hydrogens (tertiary/aromatic N) is 1. The topological polar surface area (TPSA) is 36.4 Å². The van der Waals surface area contributed by atoms with Crippen molar-refractivity contribution in [3.05, 3.63) is 28.2 Å². The largest absolute Gasteiger partial charge is 0.351 e. The highest BCUT2D eigenvalue weighted by atomic mass is 35.5. The summed E-state index contributed by atoms with van der Waals surface area (Å²) in [5.74, 6) is 2.44. The van der Waals surface area contributed by atoms with Gasteiger partial charge in [0.15, 0.2) is 5.96 Å². The molecule has 1 heterocycles. The predicted molar refractivity (Wildman–Crippen MR) is 82.9 cm³/mol. The van der Waals surface area contributed by atoms with Crippen LogP contribution in [0.2, 0.25) is 10.0 Å². The molecule has 0 amide bonds. The Morgan fingerprint density at radius 1 is 0.900 bits per heavy atom. The highest BCUT2D eigenvalue weighted by Gasteiger charge is 2.47. The van der Waals surface area contributed by atoms with Crippen LogP contribution in [0.1, 0.15) is 25.7 Å². The molecule has 4 rings (SSSR count). The molecule has 2 aliphatic carbocycles. The molecule has 2 N–H and O–H groups in total. The molecule has 2 saturated carbocycles. The fourth-order valence-corrected chi connectivity index (χ4v) is 3.52. The van der Waals surface area contributed by atoms with Gasteiger partial charge in [-0.25, -0.2) is 4.99 Å². The molecule has 0 aromatic heterocycles. The Morgan fingerprint density at radius 3 is 1.85 bits per heavy atom. The molecule has 0 spiro atoms.